The second-order valence-corrected chi connectivity index (χ2v) is 7.88. The molecule has 7 nitrogen and oxygen atoms in total. The number of ether oxygens (including phenoxy) is 1. The molecule has 0 bridgehead atoms. The molecule has 0 saturated carbocycles. The van der Waals surface area contributed by atoms with Gasteiger partial charge in [-0.15, -0.1) is 0 Å². The maximum Gasteiger partial charge on any atom is 0.407 e. The minimum Gasteiger partial charge on any atom is -0.444 e. The molecule has 0 unspecified atom stereocenters. The van der Waals surface area contributed by atoms with E-state index < -0.39 is 11.7 Å². The molecule has 3 rings (SSSR count). The van der Waals surface area contributed by atoms with Crippen LogP contribution >= 0.6 is 0 Å². The molecule has 0 fully saturated rings. The summed E-state index contributed by atoms with van der Waals surface area (Å²) < 4.78 is 18.3. The summed E-state index contributed by atoms with van der Waals surface area (Å²) in [5.74, 6) is -0.541. The Morgan fingerprint density at radius 1 is 1.07 bits per heavy atom. The van der Waals surface area contributed by atoms with Gasteiger partial charge in [-0.05, 0) is 69.7 Å². The van der Waals surface area contributed by atoms with Crippen LogP contribution in [0.4, 0.5) is 9.18 Å². The second kappa shape index (κ2) is 8.94. The Labute approximate surface area is 174 Å². The summed E-state index contributed by atoms with van der Waals surface area (Å²) in [6.07, 6.45) is 0.0901. The highest BCUT2D eigenvalue weighted by molar-refractivity contribution is 6.01. The van der Waals surface area contributed by atoms with Crippen molar-refractivity contribution in [1.82, 2.24) is 20.8 Å². The van der Waals surface area contributed by atoms with Crippen LogP contribution in [0, 0.1) is 5.82 Å². The van der Waals surface area contributed by atoms with E-state index in [4.69, 9.17) is 4.74 Å². The van der Waals surface area contributed by atoms with E-state index in [0.29, 0.717) is 30.8 Å². The van der Waals surface area contributed by atoms with E-state index in [-0.39, 0.29) is 11.7 Å². The molecule has 0 radical (unpaired) electrons. The minimum absolute atomic E-state index is 0.222. The summed E-state index contributed by atoms with van der Waals surface area (Å²) in [5.41, 5.74) is 2.14. The third-order valence-electron chi connectivity index (χ3n) is 4.25. The van der Waals surface area contributed by atoms with Crippen molar-refractivity contribution in [2.24, 2.45) is 0 Å². The normalized spacial score (nSPS) is 11.3. The van der Waals surface area contributed by atoms with Gasteiger partial charge in [0.05, 0.1) is 11.2 Å². The van der Waals surface area contributed by atoms with Gasteiger partial charge in [0.25, 0.3) is 5.91 Å². The Balaban J connectivity index is 1.57. The Morgan fingerprint density at radius 2 is 1.77 bits per heavy atom. The number of alkyl carbamates (subject to hydrolysis) is 1. The van der Waals surface area contributed by atoms with Crippen LogP contribution in [0.15, 0.2) is 42.5 Å². The van der Waals surface area contributed by atoms with Crippen molar-refractivity contribution in [3.63, 3.8) is 0 Å². The van der Waals surface area contributed by atoms with E-state index in [9.17, 15) is 14.0 Å². The summed E-state index contributed by atoms with van der Waals surface area (Å²) in [4.78, 5) is 24.1. The zero-order valence-electron chi connectivity index (χ0n) is 17.2. The molecule has 8 heteroatoms. The van der Waals surface area contributed by atoms with Gasteiger partial charge in [-0.3, -0.25) is 9.89 Å². The number of H-pyrrole nitrogens is 1. The van der Waals surface area contributed by atoms with Crippen LogP contribution < -0.4 is 10.6 Å². The van der Waals surface area contributed by atoms with Gasteiger partial charge in [0.2, 0.25) is 0 Å². The van der Waals surface area contributed by atoms with Crippen LogP contribution in [0.1, 0.15) is 37.6 Å². The lowest BCUT2D eigenvalue weighted by molar-refractivity contribution is 0.0527. The van der Waals surface area contributed by atoms with Crippen molar-refractivity contribution in [1.29, 1.82) is 0 Å². The molecule has 1 heterocycles. The zero-order valence-corrected chi connectivity index (χ0v) is 17.2. The van der Waals surface area contributed by atoms with Crippen LogP contribution in [0.25, 0.3) is 22.2 Å². The van der Waals surface area contributed by atoms with Gasteiger partial charge in [0, 0.05) is 29.6 Å². The number of hydrogen-bond donors (Lipinski definition) is 3. The molecule has 0 aliphatic carbocycles. The summed E-state index contributed by atoms with van der Waals surface area (Å²) >= 11 is 0. The van der Waals surface area contributed by atoms with Gasteiger partial charge in [0.1, 0.15) is 11.4 Å². The number of nitrogens with one attached hydrogen (secondary N) is 3. The standard InChI is InChI=1S/C22H25FN4O3/c1-22(2,3)30-21(29)25-12-4-11-24-20(28)15-7-10-18-17(13-15)19(27-26-18)14-5-8-16(23)9-6-14/h5-10,13H,4,11-12H2,1-3H3,(H,24,28)(H,25,29)(H,26,27). The lowest BCUT2D eigenvalue weighted by atomic mass is 10.1. The fraction of sp³-hybridized carbons (Fsp3) is 0.318. The van der Waals surface area contributed by atoms with E-state index in [0.717, 1.165) is 16.5 Å². The van der Waals surface area contributed by atoms with Crippen molar-refractivity contribution in [2.45, 2.75) is 32.8 Å². The first-order valence-electron chi connectivity index (χ1n) is 9.72. The first-order valence-corrected chi connectivity index (χ1v) is 9.72. The molecule has 1 aromatic heterocycles. The number of nitrogens with zero attached hydrogens (tertiary/aromatic N) is 1. The fourth-order valence-corrected chi connectivity index (χ4v) is 2.88. The van der Waals surface area contributed by atoms with Gasteiger partial charge in [0.15, 0.2) is 0 Å². The number of fused-ring (bicyclic) bond motifs is 1. The molecule has 0 spiro atoms. The SMILES string of the molecule is CC(C)(C)OC(=O)NCCCNC(=O)c1ccc2[nH]nc(-c3ccc(F)cc3)c2c1. The van der Waals surface area contributed by atoms with E-state index in [1.165, 1.54) is 12.1 Å². The number of amides is 2. The van der Waals surface area contributed by atoms with Crippen LogP contribution in [0.5, 0.6) is 0 Å². The van der Waals surface area contributed by atoms with Crippen molar-refractivity contribution in [3.05, 3.63) is 53.8 Å². The molecule has 2 amide bonds. The molecule has 158 valence electrons. The summed E-state index contributed by atoms with van der Waals surface area (Å²) in [6, 6.07) is 11.3. The molecule has 2 aromatic carbocycles. The van der Waals surface area contributed by atoms with E-state index >= 15 is 0 Å². The van der Waals surface area contributed by atoms with Gasteiger partial charge in [-0.25, -0.2) is 9.18 Å². The highest BCUT2D eigenvalue weighted by Crippen LogP contribution is 2.27. The quantitative estimate of drug-likeness (QED) is 0.533. The van der Waals surface area contributed by atoms with Crippen LogP contribution in [0.2, 0.25) is 0 Å². The first kappa shape index (κ1) is 21.3. The predicted octanol–water partition coefficient (Wildman–Crippen LogP) is 4.01. The summed E-state index contributed by atoms with van der Waals surface area (Å²) in [5, 5.41) is 13.5. The van der Waals surface area contributed by atoms with E-state index in [1.807, 2.05) is 0 Å². The number of aromatic amines is 1. The van der Waals surface area contributed by atoms with Gasteiger partial charge >= 0.3 is 6.09 Å². The highest BCUT2D eigenvalue weighted by atomic mass is 19.1. The molecule has 0 atom stereocenters. The summed E-state index contributed by atoms with van der Waals surface area (Å²) in [6.45, 7) is 6.19. The number of benzene rings is 2. The lowest BCUT2D eigenvalue weighted by Crippen LogP contribution is -2.34. The number of carbonyl (C=O) groups is 2. The zero-order chi connectivity index (χ0) is 21.7. The molecule has 30 heavy (non-hydrogen) atoms. The number of rotatable bonds is 6. The molecule has 3 aromatic rings. The van der Waals surface area contributed by atoms with Crippen molar-refractivity contribution >= 4 is 22.9 Å². The minimum atomic E-state index is -0.545. The molecular formula is C22H25FN4O3. The Bertz CT molecular complexity index is 1040. The third kappa shape index (κ3) is 5.56. The predicted molar refractivity (Wildman–Crippen MR) is 113 cm³/mol. The van der Waals surface area contributed by atoms with Crippen LogP contribution in [-0.2, 0) is 4.74 Å². The number of hydrogen-bond acceptors (Lipinski definition) is 4. The van der Waals surface area contributed by atoms with E-state index in [1.54, 1.807) is 51.1 Å². The maximum atomic E-state index is 13.2. The lowest BCUT2D eigenvalue weighted by Gasteiger charge is -2.19. The Hall–Kier alpha value is -3.42. The second-order valence-electron chi connectivity index (χ2n) is 7.88. The summed E-state index contributed by atoms with van der Waals surface area (Å²) in [7, 11) is 0. The average Bonchev–Trinajstić information content (AvgIpc) is 3.10. The fourth-order valence-electron chi connectivity index (χ4n) is 2.88. The largest absolute Gasteiger partial charge is 0.444 e. The molecule has 0 aliphatic heterocycles. The number of aromatic nitrogens is 2. The average molecular weight is 412 g/mol. The van der Waals surface area contributed by atoms with Crippen molar-refractivity contribution in [3.8, 4) is 11.3 Å². The van der Waals surface area contributed by atoms with Crippen molar-refractivity contribution in [2.75, 3.05) is 13.1 Å². The topological polar surface area (TPSA) is 96.1 Å². The third-order valence-corrected chi connectivity index (χ3v) is 4.25. The monoisotopic (exact) mass is 412 g/mol. The molecule has 0 aliphatic rings. The van der Waals surface area contributed by atoms with Crippen LogP contribution in [0.3, 0.4) is 0 Å². The Kier molecular flexibility index (Phi) is 6.34. The molecular weight excluding hydrogens is 387 g/mol. The first-order chi connectivity index (χ1) is 14.2. The van der Waals surface area contributed by atoms with Crippen molar-refractivity contribution < 1.29 is 18.7 Å². The Morgan fingerprint density at radius 3 is 2.47 bits per heavy atom. The van der Waals surface area contributed by atoms with Gasteiger partial charge in [-0.2, -0.15) is 5.10 Å². The maximum absolute atomic E-state index is 13.2. The highest BCUT2D eigenvalue weighted by Gasteiger charge is 2.15. The number of carbonyl (C=O) groups excluding carboxylic acids is 2. The van der Waals surface area contributed by atoms with Gasteiger partial charge < -0.3 is 15.4 Å². The van der Waals surface area contributed by atoms with Gasteiger partial charge in [-0.1, -0.05) is 0 Å². The van der Waals surface area contributed by atoms with Crippen LogP contribution in [-0.4, -0.2) is 40.9 Å². The molecule has 0 saturated heterocycles. The van der Waals surface area contributed by atoms with E-state index in [2.05, 4.69) is 20.8 Å². The molecule has 3 N–H and O–H groups in total. The number of halogens is 1. The smallest absolute Gasteiger partial charge is 0.407 e.